The predicted octanol–water partition coefficient (Wildman–Crippen LogP) is 2.77. The highest BCUT2D eigenvalue weighted by Crippen LogP contribution is 2.10. The molecule has 0 aliphatic rings. The molecule has 0 aliphatic heterocycles. The van der Waals surface area contributed by atoms with E-state index in [1.807, 2.05) is 47.3 Å². The maximum absolute atomic E-state index is 11.8. The van der Waals surface area contributed by atoms with Crippen LogP contribution < -0.4 is 16.0 Å². The number of carbonyl (C=O) groups excluding carboxylic acids is 1. The molecule has 3 rings (SSSR count). The van der Waals surface area contributed by atoms with E-state index in [0.29, 0.717) is 24.6 Å². The second kappa shape index (κ2) is 12.0. The van der Waals surface area contributed by atoms with E-state index in [4.69, 9.17) is 0 Å². The van der Waals surface area contributed by atoms with Crippen molar-refractivity contribution < 1.29 is 4.79 Å². The molecule has 0 bridgehead atoms. The Morgan fingerprint density at radius 3 is 2.50 bits per heavy atom. The number of benzene rings is 2. The number of aromatic nitrogens is 2. The molecule has 0 unspecified atom stereocenters. The molecule has 1 amide bonds. The highest BCUT2D eigenvalue weighted by molar-refractivity contribution is 14.0. The fraction of sp³-hybridized carbons (Fsp3) is 0.227. The average Bonchev–Trinajstić information content (AvgIpc) is 3.27. The van der Waals surface area contributed by atoms with Crippen LogP contribution in [0.15, 0.2) is 72.0 Å². The van der Waals surface area contributed by atoms with Crippen LogP contribution in [0, 0.1) is 0 Å². The minimum atomic E-state index is -0.0943. The lowest BCUT2D eigenvalue weighted by atomic mass is 10.1. The molecule has 2 aromatic carbocycles. The van der Waals surface area contributed by atoms with E-state index < -0.39 is 0 Å². The Labute approximate surface area is 194 Å². The van der Waals surface area contributed by atoms with Crippen LogP contribution in [0.5, 0.6) is 0 Å². The maximum atomic E-state index is 11.8. The van der Waals surface area contributed by atoms with Gasteiger partial charge in [0.1, 0.15) is 0 Å². The number of guanidine groups is 1. The van der Waals surface area contributed by atoms with Gasteiger partial charge in [0.15, 0.2) is 5.96 Å². The van der Waals surface area contributed by atoms with Crippen LogP contribution in [0.4, 0.5) is 0 Å². The molecule has 30 heavy (non-hydrogen) atoms. The lowest BCUT2D eigenvalue weighted by molar-refractivity contribution is 0.0963. The van der Waals surface area contributed by atoms with Crippen molar-refractivity contribution in [1.29, 1.82) is 0 Å². The number of rotatable bonds is 7. The van der Waals surface area contributed by atoms with Gasteiger partial charge in [-0.1, -0.05) is 36.4 Å². The van der Waals surface area contributed by atoms with Gasteiger partial charge in [0.25, 0.3) is 5.91 Å². The summed E-state index contributed by atoms with van der Waals surface area (Å²) in [5.41, 5.74) is 4.04. The molecular weight excluding hydrogens is 491 g/mol. The summed E-state index contributed by atoms with van der Waals surface area (Å²) in [6, 6.07) is 17.7. The zero-order valence-corrected chi connectivity index (χ0v) is 19.5. The molecule has 3 aromatic rings. The van der Waals surface area contributed by atoms with Crippen LogP contribution in [0.1, 0.15) is 27.0 Å². The minimum absolute atomic E-state index is 0. The van der Waals surface area contributed by atoms with E-state index in [1.54, 1.807) is 26.4 Å². The highest BCUT2D eigenvalue weighted by Gasteiger charge is 2.06. The first kappa shape index (κ1) is 23.4. The number of aliphatic imine (C=N–C) groups is 1. The molecule has 0 saturated carbocycles. The standard InChI is InChI=1S/C22H26N6O.HI/c1-23-21(29)18-10-5-7-17(13-18)14-25-22(24-2)26-15-19-8-3-4-9-20(19)16-28-12-6-11-27-28;/h3-13H,14-16H2,1-2H3,(H,23,29)(H2,24,25,26);1H. The van der Waals surface area contributed by atoms with Gasteiger partial charge < -0.3 is 16.0 Å². The fourth-order valence-electron chi connectivity index (χ4n) is 3.00. The van der Waals surface area contributed by atoms with Crippen LogP contribution in [0.25, 0.3) is 0 Å². The Bertz CT molecular complexity index is 971. The van der Waals surface area contributed by atoms with Crippen LogP contribution in [0.2, 0.25) is 0 Å². The Morgan fingerprint density at radius 2 is 1.80 bits per heavy atom. The Morgan fingerprint density at radius 1 is 1.03 bits per heavy atom. The fourth-order valence-corrected chi connectivity index (χ4v) is 3.00. The summed E-state index contributed by atoms with van der Waals surface area (Å²) in [5.74, 6) is 0.604. The van der Waals surface area contributed by atoms with Crippen molar-refractivity contribution >= 4 is 35.8 Å². The van der Waals surface area contributed by atoms with Gasteiger partial charge in [-0.15, -0.1) is 24.0 Å². The summed E-state index contributed by atoms with van der Waals surface area (Å²) in [6.45, 7) is 1.94. The molecule has 1 aromatic heterocycles. The summed E-state index contributed by atoms with van der Waals surface area (Å²) >= 11 is 0. The number of hydrogen-bond acceptors (Lipinski definition) is 3. The predicted molar refractivity (Wildman–Crippen MR) is 130 cm³/mol. The topological polar surface area (TPSA) is 83.3 Å². The molecule has 158 valence electrons. The van der Waals surface area contributed by atoms with Crippen molar-refractivity contribution in [3.63, 3.8) is 0 Å². The quantitative estimate of drug-likeness (QED) is 0.255. The van der Waals surface area contributed by atoms with Crippen molar-refractivity contribution in [2.45, 2.75) is 19.6 Å². The van der Waals surface area contributed by atoms with Crippen LogP contribution in [0.3, 0.4) is 0 Å². The third kappa shape index (κ3) is 6.58. The number of halogens is 1. The van der Waals surface area contributed by atoms with Crippen LogP contribution in [-0.2, 0) is 19.6 Å². The molecule has 3 N–H and O–H groups in total. The summed E-state index contributed by atoms with van der Waals surface area (Å²) in [7, 11) is 3.37. The van der Waals surface area contributed by atoms with Gasteiger partial charge >= 0.3 is 0 Å². The largest absolute Gasteiger partial charge is 0.355 e. The van der Waals surface area contributed by atoms with Gasteiger partial charge in [-0.2, -0.15) is 5.10 Å². The lowest BCUT2D eigenvalue weighted by Gasteiger charge is -2.15. The summed E-state index contributed by atoms with van der Waals surface area (Å²) in [6.07, 6.45) is 3.74. The van der Waals surface area contributed by atoms with Gasteiger partial charge in [0, 0.05) is 45.1 Å². The van der Waals surface area contributed by atoms with Gasteiger partial charge in [0.2, 0.25) is 0 Å². The van der Waals surface area contributed by atoms with Crippen molar-refractivity contribution in [1.82, 2.24) is 25.7 Å². The zero-order chi connectivity index (χ0) is 20.5. The van der Waals surface area contributed by atoms with E-state index >= 15 is 0 Å². The first-order valence-electron chi connectivity index (χ1n) is 9.49. The molecule has 0 spiro atoms. The second-order valence-electron chi connectivity index (χ2n) is 6.53. The summed E-state index contributed by atoms with van der Waals surface area (Å²) in [4.78, 5) is 16.1. The Hall–Kier alpha value is -2.88. The monoisotopic (exact) mass is 518 g/mol. The number of hydrogen-bond donors (Lipinski definition) is 3. The number of amides is 1. The van der Waals surface area contributed by atoms with E-state index in [2.05, 4.69) is 38.2 Å². The number of nitrogens with zero attached hydrogens (tertiary/aromatic N) is 3. The minimum Gasteiger partial charge on any atom is -0.355 e. The highest BCUT2D eigenvalue weighted by atomic mass is 127. The van der Waals surface area contributed by atoms with Crippen molar-refractivity contribution in [2.24, 2.45) is 4.99 Å². The summed E-state index contributed by atoms with van der Waals surface area (Å²) in [5, 5.41) is 13.6. The summed E-state index contributed by atoms with van der Waals surface area (Å²) < 4.78 is 1.91. The number of carbonyl (C=O) groups is 1. The average molecular weight is 518 g/mol. The Balaban J connectivity index is 0.00000320. The molecule has 7 nitrogen and oxygen atoms in total. The smallest absolute Gasteiger partial charge is 0.251 e. The molecular formula is C22H27IN6O. The first-order valence-corrected chi connectivity index (χ1v) is 9.49. The second-order valence-corrected chi connectivity index (χ2v) is 6.53. The normalized spacial score (nSPS) is 10.8. The lowest BCUT2D eigenvalue weighted by Crippen LogP contribution is -2.36. The molecule has 0 aliphatic carbocycles. The molecule has 0 atom stereocenters. The maximum Gasteiger partial charge on any atom is 0.251 e. The van der Waals surface area contributed by atoms with E-state index in [-0.39, 0.29) is 29.9 Å². The Kier molecular flexibility index (Phi) is 9.33. The van der Waals surface area contributed by atoms with Crippen LogP contribution in [-0.4, -0.2) is 35.7 Å². The van der Waals surface area contributed by atoms with Crippen molar-refractivity contribution in [3.8, 4) is 0 Å². The SMILES string of the molecule is CN=C(NCc1cccc(C(=O)NC)c1)NCc1ccccc1Cn1cccn1.I. The van der Waals surface area contributed by atoms with Crippen molar-refractivity contribution in [3.05, 3.63) is 89.2 Å². The van der Waals surface area contributed by atoms with Crippen molar-refractivity contribution in [2.75, 3.05) is 14.1 Å². The van der Waals surface area contributed by atoms with E-state index in [9.17, 15) is 4.79 Å². The van der Waals surface area contributed by atoms with Crippen LogP contribution >= 0.6 is 24.0 Å². The van der Waals surface area contributed by atoms with E-state index in [0.717, 1.165) is 12.1 Å². The molecule has 1 heterocycles. The van der Waals surface area contributed by atoms with Gasteiger partial charge in [0.05, 0.1) is 6.54 Å². The first-order chi connectivity index (χ1) is 14.2. The van der Waals surface area contributed by atoms with E-state index in [1.165, 1.54) is 11.1 Å². The third-order valence-corrected chi connectivity index (χ3v) is 4.56. The third-order valence-electron chi connectivity index (χ3n) is 4.56. The molecule has 8 heteroatoms. The zero-order valence-electron chi connectivity index (χ0n) is 17.1. The van der Waals surface area contributed by atoms with Gasteiger partial charge in [-0.25, -0.2) is 0 Å². The number of nitrogens with one attached hydrogen (secondary N) is 3. The van der Waals surface area contributed by atoms with Gasteiger partial charge in [-0.3, -0.25) is 14.5 Å². The molecule has 0 saturated heterocycles. The molecule has 0 fully saturated rings. The van der Waals surface area contributed by atoms with Gasteiger partial charge in [-0.05, 0) is 34.9 Å². The molecule has 0 radical (unpaired) electrons.